The third kappa shape index (κ3) is 4.64. The van der Waals surface area contributed by atoms with Gasteiger partial charge in [0.1, 0.15) is 0 Å². The summed E-state index contributed by atoms with van der Waals surface area (Å²) in [6, 6.07) is 15.8. The average Bonchev–Trinajstić information content (AvgIpc) is 2.60. The molecule has 0 aliphatic carbocycles. The maximum atomic E-state index is 5.95. The number of nitrogens with zero attached hydrogens (tertiary/aromatic N) is 1. The number of anilines is 1. The molecule has 0 aromatic heterocycles. The number of nitrogens with two attached hydrogens (primary N) is 1. The van der Waals surface area contributed by atoms with Gasteiger partial charge in [0.05, 0.1) is 0 Å². The molecule has 0 fully saturated rings. The Morgan fingerprint density at radius 1 is 1.12 bits per heavy atom. The van der Waals surface area contributed by atoms with Crippen molar-refractivity contribution in [2.75, 3.05) is 25.4 Å². The molecule has 2 aromatic rings. The lowest BCUT2D eigenvalue weighted by Gasteiger charge is -2.25. The fraction of sp³-hybridized carbons (Fsp3) is 0.238. The molecule has 122 valence electrons. The highest BCUT2D eigenvalue weighted by Crippen LogP contribution is 2.23. The van der Waals surface area contributed by atoms with Crippen LogP contribution < -0.4 is 5.73 Å². The van der Waals surface area contributed by atoms with Crippen molar-refractivity contribution in [1.29, 1.82) is 0 Å². The maximum Gasteiger partial charge on any atom is 0.0406 e. The van der Waals surface area contributed by atoms with E-state index in [2.05, 4.69) is 34.9 Å². The molecule has 0 atom stereocenters. The molecule has 3 rings (SSSR count). The van der Waals surface area contributed by atoms with Crippen molar-refractivity contribution in [3.05, 3.63) is 70.8 Å². The van der Waals surface area contributed by atoms with Gasteiger partial charge in [-0.1, -0.05) is 47.7 Å². The van der Waals surface area contributed by atoms with Crippen LogP contribution in [-0.4, -0.2) is 24.5 Å². The van der Waals surface area contributed by atoms with Crippen LogP contribution in [0.5, 0.6) is 0 Å². The van der Waals surface area contributed by atoms with E-state index in [-0.39, 0.29) is 0 Å². The van der Waals surface area contributed by atoms with Crippen LogP contribution in [0.4, 0.5) is 5.69 Å². The minimum absolute atomic E-state index is 0.762. The van der Waals surface area contributed by atoms with E-state index in [4.69, 9.17) is 17.3 Å². The minimum Gasteiger partial charge on any atom is -0.399 e. The predicted octanol–water partition coefficient (Wildman–Crippen LogP) is 4.45. The Morgan fingerprint density at radius 3 is 2.67 bits per heavy atom. The summed E-state index contributed by atoms with van der Waals surface area (Å²) in [6.07, 6.45) is 4.27. The Labute approximate surface area is 148 Å². The lowest BCUT2D eigenvalue weighted by molar-refractivity contribution is 0.309. The molecule has 0 radical (unpaired) electrons. The first kappa shape index (κ1) is 16.6. The Bertz CT molecular complexity index is 781. The zero-order valence-corrected chi connectivity index (χ0v) is 14.4. The monoisotopic (exact) mass is 336 g/mol. The fourth-order valence-electron chi connectivity index (χ4n) is 2.84. The molecular formula is C21H21ClN2. The van der Waals surface area contributed by atoms with E-state index in [1.165, 1.54) is 11.1 Å². The van der Waals surface area contributed by atoms with Crippen molar-refractivity contribution >= 4 is 22.9 Å². The molecule has 0 saturated heterocycles. The van der Waals surface area contributed by atoms with E-state index in [1.54, 1.807) is 0 Å². The van der Waals surface area contributed by atoms with Crippen LogP contribution >= 0.6 is 11.6 Å². The van der Waals surface area contributed by atoms with Crippen LogP contribution in [0.3, 0.4) is 0 Å². The fourth-order valence-corrected chi connectivity index (χ4v) is 2.96. The summed E-state index contributed by atoms with van der Waals surface area (Å²) >= 11 is 5.95. The second-order valence-electron chi connectivity index (χ2n) is 5.96. The van der Waals surface area contributed by atoms with E-state index in [9.17, 15) is 0 Å². The zero-order chi connectivity index (χ0) is 16.8. The van der Waals surface area contributed by atoms with Gasteiger partial charge in [0.25, 0.3) is 0 Å². The van der Waals surface area contributed by atoms with Crippen LogP contribution in [0.1, 0.15) is 24.0 Å². The normalized spacial score (nSPS) is 14.6. The van der Waals surface area contributed by atoms with Gasteiger partial charge in [-0.2, -0.15) is 0 Å². The van der Waals surface area contributed by atoms with Crippen LogP contribution in [0, 0.1) is 11.8 Å². The van der Waals surface area contributed by atoms with Gasteiger partial charge in [-0.25, -0.2) is 0 Å². The molecule has 1 heterocycles. The van der Waals surface area contributed by atoms with Crippen molar-refractivity contribution in [3.63, 3.8) is 0 Å². The third-order valence-electron chi connectivity index (χ3n) is 4.18. The molecule has 2 N–H and O–H groups in total. The van der Waals surface area contributed by atoms with Gasteiger partial charge in [0.15, 0.2) is 0 Å². The van der Waals surface area contributed by atoms with Crippen molar-refractivity contribution in [3.8, 4) is 11.8 Å². The molecule has 1 aliphatic heterocycles. The maximum absolute atomic E-state index is 5.95. The Balaban J connectivity index is 1.50. The van der Waals surface area contributed by atoms with Crippen molar-refractivity contribution in [1.82, 2.24) is 4.90 Å². The lowest BCUT2D eigenvalue weighted by Crippen LogP contribution is -2.29. The molecule has 0 unspecified atom stereocenters. The average molecular weight is 337 g/mol. The molecule has 2 nitrogen and oxygen atoms in total. The Hall–Kier alpha value is -2.21. The highest BCUT2D eigenvalue weighted by molar-refractivity contribution is 6.30. The van der Waals surface area contributed by atoms with Gasteiger partial charge >= 0.3 is 0 Å². The van der Waals surface area contributed by atoms with E-state index >= 15 is 0 Å². The van der Waals surface area contributed by atoms with E-state index in [0.717, 1.165) is 48.7 Å². The van der Waals surface area contributed by atoms with Crippen molar-refractivity contribution in [2.45, 2.75) is 12.8 Å². The van der Waals surface area contributed by atoms with Gasteiger partial charge in [0, 0.05) is 42.3 Å². The number of rotatable bonds is 3. The van der Waals surface area contributed by atoms with E-state index in [0.29, 0.717) is 0 Å². The number of nitrogen functional groups attached to an aromatic ring is 1. The first-order valence-corrected chi connectivity index (χ1v) is 8.60. The standard InChI is InChI=1S/C21H21ClN2/c22-20-9-7-18(8-10-20)19-11-14-24(15-12-19)13-2-1-4-17-5-3-6-21(23)16-17/h3,5-11,16H,2,12-15,23H2. The minimum atomic E-state index is 0.762. The second kappa shape index (κ2) is 8.06. The van der Waals surface area contributed by atoms with Crippen LogP contribution in [-0.2, 0) is 0 Å². The Kier molecular flexibility index (Phi) is 5.59. The first-order valence-electron chi connectivity index (χ1n) is 8.22. The molecule has 3 heteroatoms. The van der Waals surface area contributed by atoms with Gasteiger partial charge in [0.2, 0.25) is 0 Å². The highest BCUT2D eigenvalue weighted by atomic mass is 35.5. The second-order valence-corrected chi connectivity index (χ2v) is 6.40. The number of halogens is 1. The van der Waals surface area contributed by atoms with Gasteiger partial charge in [-0.3, -0.25) is 4.90 Å². The topological polar surface area (TPSA) is 29.3 Å². The zero-order valence-electron chi connectivity index (χ0n) is 13.6. The lowest BCUT2D eigenvalue weighted by atomic mass is 9.99. The molecule has 2 aromatic carbocycles. The summed E-state index contributed by atoms with van der Waals surface area (Å²) in [7, 11) is 0. The van der Waals surface area contributed by atoms with Crippen LogP contribution in [0.2, 0.25) is 5.02 Å². The number of hydrogen-bond acceptors (Lipinski definition) is 2. The van der Waals surface area contributed by atoms with Crippen molar-refractivity contribution < 1.29 is 0 Å². The van der Waals surface area contributed by atoms with Gasteiger partial charge < -0.3 is 5.73 Å². The van der Waals surface area contributed by atoms with E-state index < -0.39 is 0 Å². The van der Waals surface area contributed by atoms with Crippen LogP contribution in [0.25, 0.3) is 5.57 Å². The summed E-state index contributed by atoms with van der Waals surface area (Å²) in [5.74, 6) is 6.42. The predicted molar refractivity (Wildman–Crippen MR) is 103 cm³/mol. The molecule has 24 heavy (non-hydrogen) atoms. The summed E-state index contributed by atoms with van der Waals surface area (Å²) in [4.78, 5) is 2.44. The summed E-state index contributed by atoms with van der Waals surface area (Å²) in [5, 5.41) is 0.788. The summed E-state index contributed by atoms with van der Waals surface area (Å²) in [5.41, 5.74) is 10.2. The molecule has 1 aliphatic rings. The van der Waals surface area contributed by atoms with E-state index in [1.807, 2.05) is 36.4 Å². The number of hydrogen-bond donors (Lipinski definition) is 1. The quantitative estimate of drug-likeness (QED) is 0.662. The number of benzene rings is 2. The van der Waals surface area contributed by atoms with Crippen LogP contribution in [0.15, 0.2) is 54.6 Å². The SMILES string of the molecule is Nc1cccc(C#CCCN2CC=C(c3ccc(Cl)cc3)CC2)c1. The largest absolute Gasteiger partial charge is 0.399 e. The Morgan fingerprint density at radius 2 is 1.96 bits per heavy atom. The summed E-state index contributed by atoms with van der Waals surface area (Å²) < 4.78 is 0. The van der Waals surface area contributed by atoms with Gasteiger partial charge in [-0.05, 0) is 47.9 Å². The van der Waals surface area contributed by atoms with Crippen molar-refractivity contribution in [2.24, 2.45) is 0 Å². The first-order chi connectivity index (χ1) is 11.7. The molecule has 0 bridgehead atoms. The molecular weight excluding hydrogens is 316 g/mol. The molecule has 0 spiro atoms. The molecule has 0 amide bonds. The molecule has 0 saturated carbocycles. The summed E-state index contributed by atoms with van der Waals surface area (Å²) in [6.45, 7) is 3.06. The third-order valence-corrected chi connectivity index (χ3v) is 4.43. The smallest absolute Gasteiger partial charge is 0.0406 e. The van der Waals surface area contributed by atoms with Gasteiger partial charge in [-0.15, -0.1) is 0 Å². The highest BCUT2D eigenvalue weighted by Gasteiger charge is 2.12.